The first-order valence-electron chi connectivity index (χ1n) is 9.75. The highest BCUT2D eigenvalue weighted by Gasteiger charge is 2.29. The van der Waals surface area contributed by atoms with E-state index in [2.05, 4.69) is 51.3 Å². The Morgan fingerprint density at radius 2 is 1.39 bits per heavy atom. The van der Waals surface area contributed by atoms with Gasteiger partial charge < -0.3 is 9.64 Å². The Kier molecular flexibility index (Phi) is 6.55. The van der Waals surface area contributed by atoms with Crippen molar-refractivity contribution in [1.82, 2.24) is 9.80 Å². The molecule has 0 N–H and O–H groups in total. The maximum absolute atomic E-state index is 6.17. The molecule has 136 valence electrons. The Bertz CT molecular complexity index is 306. The van der Waals surface area contributed by atoms with E-state index in [4.69, 9.17) is 4.74 Å². The van der Waals surface area contributed by atoms with Gasteiger partial charge in [0.1, 0.15) is 0 Å². The molecule has 0 unspecified atom stereocenters. The molecule has 0 aromatic carbocycles. The van der Waals surface area contributed by atoms with Gasteiger partial charge in [-0.3, -0.25) is 4.90 Å². The molecule has 0 spiro atoms. The van der Waals surface area contributed by atoms with Crippen LogP contribution in [0, 0.1) is 11.3 Å². The van der Waals surface area contributed by atoms with Gasteiger partial charge in [0.25, 0.3) is 0 Å². The van der Waals surface area contributed by atoms with E-state index in [1.165, 1.54) is 51.9 Å². The molecule has 0 radical (unpaired) electrons. The predicted octanol–water partition coefficient (Wildman–Crippen LogP) is 4.02. The Morgan fingerprint density at radius 3 is 1.87 bits per heavy atom. The van der Waals surface area contributed by atoms with Gasteiger partial charge >= 0.3 is 0 Å². The Morgan fingerprint density at radius 1 is 0.826 bits per heavy atom. The maximum atomic E-state index is 6.17. The van der Waals surface area contributed by atoms with Gasteiger partial charge in [0, 0.05) is 25.2 Å². The maximum Gasteiger partial charge on any atom is 0.0600 e. The third-order valence-electron chi connectivity index (χ3n) is 5.96. The minimum absolute atomic E-state index is 0.308. The van der Waals surface area contributed by atoms with Gasteiger partial charge in [0.15, 0.2) is 0 Å². The number of hydrogen-bond donors (Lipinski definition) is 0. The topological polar surface area (TPSA) is 15.7 Å². The smallest absolute Gasteiger partial charge is 0.0600 e. The molecule has 3 nitrogen and oxygen atoms in total. The Labute approximate surface area is 144 Å². The Hall–Kier alpha value is -0.120. The largest absolute Gasteiger partial charge is 0.377 e. The van der Waals surface area contributed by atoms with E-state index in [1.54, 1.807) is 0 Å². The summed E-state index contributed by atoms with van der Waals surface area (Å²) in [6, 6.07) is 0. The summed E-state index contributed by atoms with van der Waals surface area (Å²) in [5, 5.41) is 0. The number of nitrogens with zero attached hydrogens (tertiary/aromatic N) is 2. The van der Waals surface area contributed by atoms with Gasteiger partial charge in [0.2, 0.25) is 0 Å². The average molecular weight is 325 g/mol. The van der Waals surface area contributed by atoms with Crippen LogP contribution < -0.4 is 0 Å². The molecular weight excluding hydrogens is 284 g/mol. The van der Waals surface area contributed by atoms with Crippen LogP contribution >= 0.6 is 0 Å². The fraction of sp³-hybridized carbons (Fsp3) is 1.00. The fourth-order valence-electron chi connectivity index (χ4n) is 4.06. The van der Waals surface area contributed by atoms with Crippen molar-refractivity contribution < 1.29 is 4.74 Å². The lowest BCUT2D eigenvalue weighted by atomic mass is 9.75. The molecule has 0 atom stereocenters. The highest BCUT2D eigenvalue weighted by atomic mass is 16.5. The monoisotopic (exact) mass is 324 g/mol. The lowest BCUT2D eigenvalue weighted by Crippen LogP contribution is -2.48. The normalized spacial score (nSPS) is 24.3. The van der Waals surface area contributed by atoms with Crippen molar-refractivity contribution in [3.63, 3.8) is 0 Å². The van der Waals surface area contributed by atoms with Crippen molar-refractivity contribution in [3.8, 4) is 0 Å². The molecule has 2 fully saturated rings. The van der Waals surface area contributed by atoms with Crippen molar-refractivity contribution >= 4 is 0 Å². The van der Waals surface area contributed by atoms with Crippen molar-refractivity contribution in [3.05, 3.63) is 0 Å². The highest BCUT2D eigenvalue weighted by Crippen LogP contribution is 2.34. The van der Waals surface area contributed by atoms with Crippen LogP contribution in [0.3, 0.4) is 0 Å². The first kappa shape index (κ1) is 19.2. The third kappa shape index (κ3) is 6.03. The number of likely N-dealkylation sites (tertiary alicyclic amines) is 2. The van der Waals surface area contributed by atoms with Crippen LogP contribution in [-0.4, -0.2) is 60.8 Å². The van der Waals surface area contributed by atoms with Crippen LogP contribution in [0.15, 0.2) is 0 Å². The molecular formula is C20H40N2O. The molecule has 0 aromatic rings. The van der Waals surface area contributed by atoms with Gasteiger partial charge in [-0.25, -0.2) is 0 Å². The third-order valence-corrected chi connectivity index (χ3v) is 5.96. The van der Waals surface area contributed by atoms with E-state index < -0.39 is 0 Å². The zero-order chi connectivity index (χ0) is 17.1. The molecule has 23 heavy (non-hydrogen) atoms. The zero-order valence-electron chi connectivity index (χ0n) is 16.5. The summed E-state index contributed by atoms with van der Waals surface area (Å²) < 4.78 is 6.17. The van der Waals surface area contributed by atoms with Gasteiger partial charge in [-0.1, -0.05) is 20.8 Å². The standard InChI is InChI=1S/C20H40N2O/c1-19(2,3)17-7-11-21(12-8-17)15-16-23-18-9-13-22(14-10-18)20(4,5)6/h17-18H,7-16H2,1-6H3. The van der Waals surface area contributed by atoms with Crippen LogP contribution in [0.4, 0.5) is 0 Å². The van der Waals surface area contributed by atoms with E-state index in [-0.39, 0.29) is 0 Å². The lowest BCUT2D eigenvalue weighted by molar-refractivity contribution is -0.0227. The van der Waals surface area contributed by atoms with Crippen LogP contribution in [0.1, 0.15) is 67.2 Å². The summed E-state index contributed by atoms with van der Waals surface area (Å²) in [6.45, 7) is 21.0. The van der Waals surface area contributed by atoms with Crippen molar-refractivity contribution in [1.29, 1.82) is 0 Å². The summed E-state index contributed by atoms with van der Waals surface area (Å²) in [7, 11) is 0. The molecule has 0 aliphatic carbocycles. The van der Waals surface area contributed by atoms with E-state index in [0.717, 1.165) is 19.1 Å². The molecule has 2 heterocycles. The molecule has 0 bridgehead atoms. The second-order valence-electron chi connectivity index (χ2n) is 9.71. The van der Waals surface area contributed by atoms with E-state index >= 15 is 0 Å². The van der Waals surface area contributed by atoms with Crippen LogP contribution in [-0.2, 0) is 4.74 Å². The molecule has 2 aliphatic heterocycles. The number of ether oxygens (including phenoxy) is 1. The van der Waals surface area contributed by atoms with Crippen molar-refractivity contribution in [2.24, 2.45) is 11.3 Å². The first-order chi connectivity index (χ1) is 10.7. The second kappa shape index (κ2) is 7.84. The number of piperidine rings is 2. The lowest BCUT2D eigenvalue weighted by Gasteiger charge is -2.41. The summed E-state index contributed by atoms with van der Waals surface area (Å²) in [6.07, 6.45) is 5.59. The molecule has 2 saturated heterocycles. The molecule has 0 saturated carbocycles. The minimum Gasteiger partial charge on any atom is -0.377 e. The van der Waals surface area contributed by atoms with E-state index in [0.29, 0.717) is 17.1 Å². The number of rotatable bonds is 4. The molecule has 0 aromatic heterocycles. The SMILES string of the molecule is CC(C)(C)C1CCN(CCOC2CCN(C(C)(C)C)CC2)CC1. The van der Waals surface area contributed by atoms with Crippen LogP contribution in [0.25, 0.3) is 0 Å². The van der Waals surface area contributed by atoms with E-state index in [1.807, 2.05) is 0 Å². The number of hydrogen-bond acceptors (Lipinski definition) is 3. The van der Waals surface area contributed by atoms with Gasteiger partial charge in [0.05, 0.1) is 12.7 Å². The molecule has 2 rings (SSSR count). The summed E-state index contributed by atoms with van der Waals surface area (Å²) in [4.78, 5) is 5.19. The second-order valence-corrected chi connectivity index (χ2v) is 9.71. The molecule has 0 amide bonds. The van der Waals surface area contributed by atoms with E-state index in [9.17, 15) is 0 Å². The Balaban J connectivity index is 1.59. The quantitative estimate of drug-likeness (QED) is 0.776. The van der Waals surface area contributed by atoms with Crippen molar-refractivity contribution in [2.75, 3.05) is 39.3 Å². The highest BCUT2D eigenvalue weighted by molar-refractivity contribution is 4.83. The van der Waals surface area contributed by atoms with Gasteiger partial charge in [-0.15, -0.1) is 0 Å². The first-order valence-corrected chi connectivity index (χ1v) is 9.75. The minimum atomic E-state index is 0.308. The molecule has 2 aliphatic rings. The van der Waals surface area contributed by atoms with Crippen molar-refractivity contribution in [2.45, 2.75) is 78.9 Å². The summed E-state index contributed by atoms with van der Waals surface area (Å²) >= 11 is 0. The average Bonchev–Trinajstić information content (AvgIpc) is 2.46. The van der Waals surface area contributed by atoms with Gasteiger partial charge in [-0.2, -0.15) is 0 Å². The summed E-state index contributed by atoms with van der Waals surface area (Å²) in [5.41, 5.74) is 0.784. The predicted molar refractivity (Wildman–Crippen MR) is 98.9 cm³/mol. The zero-order valence-corrected chi connectivity index (χ0v) is 16.5. The summed E-state index contributed by atoms with van der Waals surface area (Å²) in [5.74, 6) is 0.890. The fourth-order valence-corrected chi connectivity index (χ4v) is 4.06. The molecule has 3 heteroatoms. The van der Waals surface area contributed by atoms with Crippen LogP contribution in [0.5, 0.6) is 0 Å². The van der Waals surface area contributed by atoms with Crippen LogP contribution in [0.2, 0.25) is 0 Å². The van der Waals surface area contributed by atoms with Gasteiger partial charge in [-0.05, 0) is 70.9 Å².